The second-order valence-electron chi connectivity index (χ2n) is 8.09. The number of rotatable bonds is 6. The minimum atomic E-state index is -4.36. The van der Waals surface area contributed by atoms with Gasteiger partial charge in [0, 0.05) is 0 Å². The van der Waals surface area contributed by atoms with E-state index in [0.29, 0.717) is 0 Å². The van der Waals surface area contributed by atoms with Gasteiger partial charge >= 0.3 is 37.7 Å². The first kappa shape index (κ1) is 29.7. The van der Waals surface area contributed by atoms with Crippen LogP contribution in [0.5, 0.6) is 0 Å². The van der Waals surface area contributed by atoms with Crippen molar-refractivity contribution in [3.8, 4) is 0 Å². The molecule has 0 fully saturated rings. The Morgan fingerprint density at radius 3 is 1.17 bits per heavy atom. The first-order valence-corrected chi connectivity index (χ1v) is 13.8. The maximum atomic E-state index is 10.9. The zero-order chi connectivity index (χ0) is 24.9. The van der Waals surface area contributed by atoms with Crippen molar-refractivity contribution in [2.75, 3.05) is 0 Å². The number of hydrogen-bond acceptors (Lipinski definition) is 6. The molecular weight excluding hydrogens is 512 g/mol. The third-order valence-electron chi connectivity index (χ3n) is 5.41. The molecule has 4 aromatic carbocycles. The van der Waals surface area contributed by atoms with E-state index in [0.717, 1.165) is 47.2 Å². The Labute approximate surface area is 236 Å². The SMILES string of the molecule is CCCc1ccc2cc(S(=O)(=O)[O-])ccc2c1.CCCc1ccc2cc(S(=O)(=O)[O-])ccc2c1.[Ca+2]. The van der Waals surface area contributed by atoms with Crippen LogP contribution in [0.25, 0.3) is 21.5 Å². The van der Waals surface area contributed by atoms with Gasteiger partial charge in [-0.3, -0.25) is 0 Å². The fourth-order valence-corrected chi connectivity index (χ4v) is 4.76. The second kappa shape index (κ2) is 12.6. The van der Waals surface area contributed by atoms with Crippen LogP contribution in [0.3, 0.4) is 0 Å². The van der Waals surface area contributed by atoms with Crippen molar-refractivity contribution in [2.24, 2.45) is 0 Å². The van der Waals surface area contributed by atoms with Gasteiger partial charge in [-0.15, -0.1) is 0 Å². The summed E-state index contributed by atoms with van der Waals surface area (Å²) in [6.45, 7) is 4.22. The maximum absolute atomic E-state index is 10.9. The van der Waals surface area contributed by atoms with Crippen LogP contribution >= 0.6 is 0 Å². The summed E-state index contributed by atoms with van der Waals surface area (Å²) in [4.78, 5) is -0.346. The first-order chi connectivity index (χ1) is 16.0. The normalized spacial score (nSPS) is 11.5. The van der Waals surface area contributed by atoms with E-state index in [1.807, 2.05) is 36.4 Å². The molecule has 0 spiro atoms. The van der Waals surface area contributed by atoms with Gasteiger partial charge in [0.1, 0.15) is 20.2 Å². The van der Waals surface area contributed by atoms with Crippen LogP contribution in [0, 0.1) is 0 Å². The van der Waals surface area contributed by atoms with Crippen molar-refractivity contribution in [1.82, 2.24) is 0 Å². The summed E-state index contributed by atoms with van der Waals surface area (Å²) in [6.07, 6.45) is 4.13. The molecule has 180 valence electrons. The Hall–Kier alpha value is -1.52. The quantitative estimate of drug-likeness (QED) is 0.252. The Bertz CT molecular complexity index is 1410. The summed E-state index contributed by atoms with van der Waals surface area (Å²) in [5.74, 6) is 0. The minimum absolute atomic E-state index is 0. The van der Waals surface area contributed by atoms with Crippen molar-refractivity contribution in [3.05, 3.63) is 83.9 Å². The molecule has 0 radical (unpaired) electrons. The van der Waals surface area contributed by atoms with E-state index in [1.54, 1.807) is 12.1 Å². The number of fused-ring (bicyclic) bond motifs is 2. The summed E-state index contributed by atoms with van der Waals surface area (Å²) >= 11 is 0. The van der Waals surface area contributed by atoms with Gasteiger partial charge in [0.15, 0.2) is 0 Å². The predicted octanol–water partition coefficient (Wildman–Crippen LogP) is 5.01. The topological polar surface area (TPSA) is 114 Å². The Kier molecular flexibility index (Phi) is 10.7. The van der Waals surface area contributed by atoms with Crippen LogP contribution in [0.1, 0.15) is 37.8 Å². The molecule has 0 aliphatic heterocycles. The van der Waals surface area contributed by atoms with Gasteiger partial charge < -0.3 is 9.11 Å². The van der Waals surface area contributed by atoms with Gasteiger partial charge in [-0.1, -0.05) is 75.2 Å². The Balaban J connectivity index is 0.000000240. The van der Waals surface area contributed by atoms with E-state index < -0.39 is 20.2 Å². The average Bonchev–Trinajstić information content (AvgIpc) is 2.78. The van der Waals surface area contributed by atoms with E-state index >= 15 is 0 Å². The molecule has 0 aromatic heterocycles. The maximum Gasteiger partial charge on any atom is 2.00 e. The van der Waals surface area contributed by atoms with Gasteiger partial charge in [0.05, 0.1) is 9.79 Å². The molecule has 4 aromatic rings. The molecule has 6 nitrogen and oxygen atoms in total. The average molecular weight is 539 g/mol. The van der Waals surface area contributed by atoms with Crippen molar-refractivity contribution < 1.29 is 25.9 Å². The molecule has 0 unspecified atom stereocenters. The van der Waals surface area contributed by atoms with Crippen LogP contribution < -0.4 is 0 Å². The summed E-state index contributed by atoms with van der Waals surface area (Å²) in [6, 6.07) is 20.6. The van der Waals surface area contributed by atoms with E-state index in [2.05, 4.69) is 13.8 Å². The number of hydrogen-bond donors (Lipinski definition) is 0. The van der Waals surface area contributed by atoms with Crippen molar-refractivity contribution in [3.63, 3.8) is 0 Å². The molecule has 0 saturated heterocycles. The molecule has 0 aliphatic rings. The molecule has 0 bridgehead atoms. The summed E-state index contributed by atoms with van der Waals surface area (Å²) in [7, 11) is -8.73. The Morgan fingerprint density at radius 2 is 0.857 bits per heavy atom. The molecule has 0 saturated carbocycles. The van der Waals surface area contributed by atoms with Crippen LogP contribution in [0.15, 0.2) is 82.6 Å². The van der Waals surface area contributed by atoms with Crippen molar-refractivity contribution in [2.45, 2.75) is 49.3 Å². The molecule has 0 aliphatic carbocycles. The van der Waals surface area contributed by atoms with E-state index in [1.165, 1.54) is 35.4 Å². The summed E-state index contributed by atoms with van der Waals surface area (Å²) in [5, 5.41) is 3.48. The minimum Gasteiger partial charge on any atom is -0.744 e. The molecule has 0 amide bonds. The third-order valence-corrected chi connectivity index (χ3v) is 7.07. The number of aryl methyl sites for hydroxylation is 2. The fourth-order valence-electron chi connectivity index (χ4n) is 3.75. The summed E-state index contributed by atoms with van der Waals surface area (Å²) < 4.78 is 65.3. The molecule has 0 atom stereocenters. The molecule has 35 heavy (non-hydrogen) atoms. The molecule has 0 heterocycles. The van der Waals surface area contributed by atoms with Crippen LogP contribution in [-0.2, 0) is 33.1 Å². The largest absolute Gasteiger partial charge is 2.00 e. The predicted molar refractivity (Wildman–Crippen MR) is 138 cm³/mol. The van der Waals surface area contributed by atoms with Gasteiger partial charge in [-0.05, 0) is 69.8 Å². The van der Waals surface area contributed by atoms with Crippen LogP contribution in [0.4, 0.5) is 0 Å². The summed E-state index contributed by atoms with van der Waals surface area (Å²) in [5.41, 5.74) is 2.44. The molecule has 0 N–H and O–H groups in total. The number of benzene rings is 4. The van der Waals surface area contributed by atoms with E-state index in [9.17, 15) is 25.9 Å². The monoisotopic (exact) mass is 538 g/mol. The zero-order valence-electron chi connectivity index (χ0n) is 19.7. The van der Waals surface area contributed by atoms with E-state index in [-0.39, 0.29) is 47.5 Å². The van der Waals surface area contributed by atoms with Gasteiger partial charge in [-0.2, -0.15) is 0 Å². The standard InChI is InChI=1S/2C13H14O3S.Ca/c2*1-2-3-10-4-5-12-9-13(17(14,15)16)7-6-11(12)8-10;/h2*4-9H,2-3H2,1H3,(H,14,15,16);/q;;+2/p-2. The van der Waals surface area contributed by atoms with Gasteiger partial charge in [-0.25, -0.2) is 16.8 Å². The van der Waals surface area contributed by atoms with Crippen LogP contribution in [-0.4, -0.2) is 63.7 Å². The Morgan fingerprint density at radius 1 is 0.543 bits per heavy atom. The van der Waals surface area contributed by atoms with Crippen molar-refractivity contribution in [1.29, 1.82) is 0 Å². The zero-order valence-corrected chi connectivity index (χ0v) is 23.6. The molecular formula is C26H26CaO6S2. The van der Waals surface area contributed by atoms with Crippen LogP contribution in [0.2, 0.25) is 0 Å². The second-order valence-corrected chi connectivity index (χ2v) is 10.9. The van der Waals surface area contributed by atoms with Crippen molar-refractivity contribution >= 4 is 79.5 Å². The molecule has 9 heteroatoms. The van der Waals surface area contributed by atoms with Gasteiger partial charge in [0.2, 0.25) is 0 Å². The third kappa shape index (κ3) is 8.25. The fraction of sp³-hybridized carbons (Fsp3) is 0.231. The molecule has 4 rings (SSSR count). The van der Waals surface area contributed by atoms with E-state index in [4.69, 9.17) is 0 Å². The first-order valence-electron chi connectivity index (χ1n) is 11.0. The van der Waals surface area contributed by atoms with Gasteiger partial charge in [0.25, 0.3) is 0 Å². The smallest absolute Gasteiger partial charge is 0.744 e.